The molecule has 0 aliphatic heterocycles. The van der Waals surface area contributed by atoms with Crippen LogP contribution in [0.3, 0.4) is 0 Å². The van der Waals surface area contributed by atoms with E-state index < -0.39 is 6.61 Å². The first-order chi connectivity index (χ1) is 13.5. The Morgan fingerprint density at radius 3 is 2.68 bits per heavy atom. The molecule has 0 aliphatic carbocycles. The Kier molecular flexibility index (Phi) is 6.51. The van der Waals surface area contributed by atoms with Crippen molar-refractivity contribution < 1.29 is 18.3 Å². The van der Waals surface area contributed by atoms with Crippen LogP contribution < -0.4 is 15.0 Å². The lowest BCUT2D eigenvalue weighted by Gasteiger charge is -2.13. The lowest BCUT2D eigenvalue weighted by molar-refractivity contribution is -0.0512. The lowest BCUT2D eigenvalue weighted by atomic mass is 10.2. The molecule has 3 aromatic rings. The molecular weight excluding hydrogens is 386 g/mol. The number of methoxy groups -OCH3 is 1. The van der Waals surface area contributed by atoms with Gasteiger partial charge in [0.2, 0.25) is 0 Å². The molecule has 2 aromatic carbocycles. The number of thioether (sulfide) groups is 1. The normalized spacial score (nSPS) is 11.2. The highest BCUT2D eigenvalue weighted by molar-refractivity contribution is 7.98. The van der Waals surface area contributed by atoms with E-state index in [9.17, 15) is 13.6 Å². The molecule has 1 heterocycles. The van der Waals surface area contributed by atoms with Crippen LogP contribution in [0.4, 0.5) is 8.78 Å². The number of halogens is 2. The van der Waals surface area contributed by atoms with Gasteiger partial charge >= 0.3 is 6.61 Å². The SMILES string of the molecule is CCCn1c(SCc2ccc(OC(F)F)c(OC)c2)nc2ccccc2c1=O. The first kappa shape index (κ1) is 20.1. The summed E-state index contributed by atoms with van der Waals surface area (Å²) in [6, 6.07) is 12.1. The molecule has 5 nitrogen and oxygen atoms in total. The number of fused-ring (bicyclic) bond motifs is 1. The van der Waals surface area contributed by atoms with Crippen LogP contribution in [0.25, 0.3) is 10.9 Å². The van der Waals surface area contributed by atoms with E-state index in [4.69, 9.17) is 4.74 Å². The van der Waals surface area contributed by atoms with Crippen LogP contribution in [-0.4, -0.2) is 23.3 Å². The van der Waals surface area contributed by atoms with E-state index in [0.29, 0.717) is 28.4 Å². The molecule has 148 valence electrons. The number of ether oxygens (including phenoxy) is 2. The number of hydrogen-bond donors (Lipinski definition) is 0. The summed E-state index contributed by atoms with van der Waals surface area (Å²) >= 11 is 1.42. The highest BCUT2D eigenvalue weighted by Gasteiger charge is 2.14. The van der Waals surface area contributed by atoms with Crippen molar-refractivity contribution in [1.82, 2.24) is 9.55 Å². The molecular formula is C20H20F2N2O3S. The van der Waals surface area contributed by atoms with E-state index in [1.807, 2.05) is 25.1 Å². The predicted molar refractivity (Wildman–Crippen MR) is 105 cm³/mol. The second-order valence-corrected chi connectivity index (χ2v) is 6.96. The minimum absolute atomic E-state index is 0.0158. The highest BCUT2D eigenvalue weighted by atomic mass is 32.2. The van der Waals surface area contributed by atoms with E-state index >= 15 is 0 Å². The number of para-hydroxylation sites is 1. The zero-order valence-corrected chi connectivity index (χ0v) is 16.3. The molecule has 0 bridgehead atoms. The maximum atomic E-state index is 12.8. The average Bonchev–Trinajstić information content (AvgIpc) is 2.69. The fourth-order valence-electron chi connectivity index (χ4n) is 2.82. The number of benzene rings is 2. The van der Waals surface area contributed by atoms with Gasteiger partial charge in [0.15, 0.2) is 16.7 Å². The van der Waals surface area contributed by atoms with Crippen molar-refractivity contribution in [2.75, 3.05) is 7.11 Å². The molecule has 0 unspecified atom stereocenters. The molecule has 28 heavy (non-hydrogen) atoms. The molecule has 0 fully saturated rings. The van der Waals surface area contributed by atoms with Gasteiger partial charge in [-0.05, 0) is 36.2 Å². The summed E-state index contributed by atoms with van der Waals surface area (Å²) in [6.45, 7) is -0.342. The van der Waals surface area contributed by atoms with Gasteiger partial charge in [-0.1, -0.05) is 36.9 Å². The number of alkyl halides is 2. The lowest BCUT2D eigenvalue weighted by Crippen LogP contribution is -2.23. The molecule has 0 N–H and O–H groups in total. The van der Waals surface area contributed by atoms with E-state index in [1.165, 1.54) is 24.9 Å². The third kappa shape index (κ3) is 4.44. The quantitative estimate of drug-likeness (QED) is 0.401. The molecule has 0 radical (unpaired) electrons. The summed E-state index contributed by atoms with van der Waals surface area (Å²) in [5.74, 6) is 0.716. The van der Waals surface area contributed by atoms with Crippen molar-refractivity contribution in [3.05, 3.63) is 58.4 Å². The predicted octanol–water partition coefficient (Wildman–Crippen LogP) is 4.71. The maximum absolute atomic E-state index is 12.8. The van der Waals surface area contributed by atoms with Crippen LogP contribution in [-0.2, 0) is 12.3 Å². The molecule has 8 heteroatoms. The maximum Gasteiger partial charge on any atom is 0.387 e. The van der Waals surface area contributed by atoms with Crippen molar-refractivity contribution >= 4 is 22.7 Å². The van der Waals surface area contributed by atoms with Crippen LogP contribution in [0.5, 0.6) is 11.5 Å². The van der Waals surface area contributed by atoms with Gasteiger partial charge in [-0.2, -0.15) is 8.78 Å². The van der Waals surface area contributed by atoms with Gasteiger partial charge in [0, 0.05) is 12.3 Å². The Balaban J connectivity index is 1.89. The van der Waals surface area contributed by atoms with Gasteiger partial charge in [0.1, 0.15) is 0 Å². The fourth-order valence-corrected chi connectivity index (χ4v) is 3.79. The summed E-state index contributed by atoms with van der Waals surface area (Å²) in [4.78, 5) is 17.4. The standard InChI is InChI=1S/C20H20F2N2O3S/c1-3-10-24-18(25)14-6-4-5-7-15(14)23-20(24)28-12-13-8-9-16(27-19(21)22)17(11-13)26-2/h4-9,11,19H,3,10,12H2,1-2H3. The van der Waals surface area contributed by atoms with Gasteiger partial charge in [-0.3, -0.25) is 9.36 Å². The smallest absolute Gasteiger partial charge is 0.387 e. The number of nitrogens with zero attached hydrogens (tertiary/aromatic N) is 2. The van der Waals surface area contributed by atoms with Gasteiger partial charge < -0.3 is 9.47 Å². The topological polar surface area (TPSA) is 53.4 Å². The van der Waals surface area contributed by atoms with E-state index in [1.54, 1.807) is 22.8 Å². The Bertz CT molecular complexity index is 1020. The van der Waals surface area contributed by atoms with Gasteiger partial charge in [-0.25, -0.2) is 4.98 Å². The van der Waals surface area contributed by atoms with Crippen LogP contribution >= 0.6 is 11.8 Å². The second kappa shape index (κ2) is 9.05. The summed E-state index contributed by atoms with van der Waals surface area (Å²) in [6.07, 6.45) is 0.807. The van der Waals surface area contributed by atoms with Crippen LogP contribution in [0, 0.1) is 0 Å². The van der Waals surface area contributed by atoms with Crippen molar-refractivity contribution in [1.29, 1.82) is 0 Å². The van der Waals surface area contributed by atoms with Gasteiger partial charge in [0.05, 0.1) is 18.0 Å². The van der Waals surface area contributed by atoms with E-state index in [0.717, 1.165) is 12.0 Å². The molecule has 0 saturated heterocycles. The molecule has 0 amide bonds. The fraction of sp³-hybridized carbons (Fsp3) is 0.300. The summed E-state index contributed by atoms with van der Waals surface area (Å²) < 4.78 is 36.2. The zero-order chi connectivity index (χ0) is 20.1. The molecule has 1 aromatic heterocycles. The summed E-state index contributed by atoms with van der Waals surface area (Å²) in [5, 5.41) is 1.22. The first-order valence-corrected chi connectivity index (χ1v) is 9.76. The van der Waals surface area contributed by atoms with Gasteiger partial charge in [0.25, 0.3) is 5.56 Å². The second-order valence-electron chi connectivity index (χ2n) is 6.02. The van der Waals surface area contributed by atoms with Gasteiger partial charge in [-0.15, -0.1) is 0 Å². The Morgan fingerprint density at radius 2 is 1.96 bits per heavy atom. The van der Waals surface area contributed by atoms with Crippen molar-refractivity contribution in [2.24, 2.45) is 0 Å². The van der Waals surface area contributed by atoms with Crippen molar-refractivity contribution in [3.63, 3.8) is 0 Å². The molecule has 0 atom stereocenters. The summed E-state index contributed by atoms with van der Waals surface area (Å²) in [5.41, 5.74) is 1.43. The Morgan fingerprint density at radius 1 is 1.18 bits per heavy atom. The van der Waals surface area contributed by atoms with Crippen LogP contribution in [0.2, 0.25) is 0 Å². The number of hydrogen-bond acceptors (Lipinski definition) is 5. The minimum Gasteiger partial charge on any atom is -0.493 e. The number of aromatic nitrogens is 2. The van der Waals surface area contributed by atoms with Crippen molar-refractivity contribution in [3.8, 4) is 11.5 Å². The molecule has 0 saturated carbocycles. The Labute approximate surface area is 165 Å². The molecule has 3 rings (SSSR count). The first-order valence-electron chi connectivity index (χ1n) is 8.77. The van der Waals surface area contributed by atoms with E-state index in [-0.39, 0.29) is 17.1 Å². The van der Waals surface area contributed by atoms with Crippen molar-refractivity contribution in [2.45, 2.75) is 37.4 Å². The zero-order valence-electron chi connectivity index (χ0n) is 15.5. The van der Waals surface area contributed by atoms with Crippen LogP contribution in [0.15, 0.2) is 52.4 Å². The minimum atomic E-state index is -2.92. The number of rotatable bonds is 8. The average molecular weight is 406 g/mol. The Hall–Kier alpha value is -2.61. The van der Waals surface area contributed by atoms with Crippen LogP contribution in [0.1, 0.15) is 18.9 Å². The monoisotopic (exact) mass is 406 g/mol. The largest absolute Gasteiger partial charge is 0.493 e. The third-order valence-electron chi connectivity index (χ3n) is 4.09. The molecule has 0 spiro atoms. The molecule has 0 aliphatic rings. The highest BCUT2D eigenvalue weighted by Crippen LogP contribution is 2.32. The third-order valence-corrected chi connectivity index (χ3v) is 5.13. The summed E-state index contributed by atoms with van der Waals surface area (Å²) in [7, 11) is 1.40. The van der Waals surface area contributed by atoms with E-state index in [2.05, 4.69) is 9.72 Å².